The van der Waals surface area contributed by atoms with Gasteiger partial charge in [-0.25, -0.2) is 9.37 Å². The highest BCUT2D eigenvalue weighted by Crippen LogP contribution is 2.32. The lowest BCUT2D eigenvalue weighted by atomic mass is 10.2. The van der Waals surface area contributed by atoms with Gasteiger partial charge in [-0.3, -0.25) is 4.57 Å². The highest BCUT2D eigenvalue weighted by atomic mass is 127. The van der Waals surface area contributed by atoms with Crippen molar-refractivity contribution in [3.63, 3.8) is 0 Å². The highest BCUT2D eigenvalue weighted by Gasteiger charge is 2.19. The summed E-state index contributed by atoms with van der Waals surface area (Å²) in [7, 11) is 0. The van der Waals surface area contributed by atoms with E-state index in [1.807, 2.05) is 29.7 Å². The van der Waals surface area contributed by atoms with Crippen LogP contribution in [0.1, 0.15) is 18.1 Å². The summed E-state index contributed by atoms with van der Waals surface area (Å²) in [4.78, 5) is 4.37. The minimum absolute atomic E-state index is 0.325. The number of benzene rings is 2. The summed E-state index contributed by atoms with van der Waals surface area (Å²) < 4.78 is 16.8. The molecule has 0 aliphatic rings. The molecule has 3 rings (SSSR count). The van der Waals surface area contributed by atoms with Crippen LogP contribution in [0.3, 0.4) is 0 Å². The molecular weight excluding hydrogens is 425 g/mol. The number of aromatic nitrogens is 2. The van der Waals surface area contributed by atoms with Gasteiger partial charge in [0.25, 0.3) is 0 Å². The summed E-state index contributed by atoms with van der Waals surface area (Å²) in [6, 6.07) is 10.4. The Morgan fingerprint density at radius 3 is 2.71 bits per heavy atom. The SMILES string of the molecule is CC(Cl)c1nc2c(F)cccc2n1-c1ccc(Cl)cc1I. The van der Waals surface area contributed by atoms with Gasteiger partial charge in [-0.1, -0.05) is 17.7 Å². The molecule has 0 bridgehead atoms. The van der Waals surface area contributed by atoms with E-state index in [1.165, 1.54) is 6.07 Å². The predicted octanol–water partition coefficient (Wildman–Crippen LogP) is 5.72. The lowest BCUT2D eigenvalue weighted by Gasteiger charge is -2.12. The van der Waals surface area contributed by atoms with Crippen molar-refractivity contribution in [1.82, 2.24) is 9.55 Å². The van der Waals surface area contributed by atoms with Gasteiger partial charge in [0.1, 0.15) is 11.3 Å². The van der Waals surface area contributed by atoms with Crippen LogP contribution in [0.5, 0.6) is 0 Å². The number of hydrogen-bond acceptors (Lipinski definition) is 1. The van der Waals surface area contributed by atoms with E-state index in [4.69, 9.17) is 23.2 Å². The van der Waals surface area contributed by atoms with Gasteiger partial charge in [0.15, 0.2) is 5.82 Å². The van der Waals surface area contributed by atoms with Crippen LogP contribution in [-0.2, 0) is 0 Å². The molecule has 21 heavy (non-hydrogen) atoms. The first kappa shape index (κ1) is 15.1. The molecule has 2 aromatic carbocycles. The standard InChI is InChI=1S/C15H10Cl2FIN2/c1-8(16)15-20-14-10(18)3-2-4-13(14)21(15)12-6-5-9(17)7-11(12)19/h2-8H,1H3. The Kier molecular flexibility index (Phi) is 4.12. The third-order valence-corrected chi connectivity index (χ3v) is 4.46. The molecule has 1 unspecified atom stereocenters. The van der Waals surface area contributed by atoms with Crippen molar-refractivity contribution in [2.45, 2.75) is 12.3 Å². The average molecular weight is 435 g/mol. The number of nitrogens with zero attached hydrogens (tertiary/aromatic N) is 2. The van der Waals surface area contributed by atoms with Crippen LogP contribution < -0.4 is 0 Å². The summed E-state index contributed by atoms with van der Waals surface area (Å²) >= 11 is 14.4. The van der Waals surface area contributed by atoms with E-state index in [1.54, 1.807) is 12.1 Å². The molecule has 0 saturated carbocycles. The molecule has 0 saturated heterocycles. The Bertz CT molecular complexity index is 830. The van der Waals surface area contributed by atoms with Crippen molar-refractivity contribution in [3.8, 4) is 5.69 Å². The molecule has 6 heteroatoms. The van der Waals surface area contributed by atoms with Gasteiger partial charge in [0, 0.05) is 8.59 Å². The fourth-order valence-corrected chi connectivity index (χ4v) is 3.52. The van der Waals surface area contributed by atoms with Gasteiger partial charge in [-0.05, 0) is 59.8 Å². The molecule has 0 aliphatic heterocycles. The van der Waals surface area contributed by atoms with Gasteiger partial charge in [0.2, 0.25) is 0 Å². The summed E-state index contributed by atoms with van der Waals surface area (Å²) in [5, 5.41) is 0.308. The molecule has 108 valence electrons. The van der Waals surface area contributed by atoms with Crippen molar-refractivity contribution in [1.29, 1.82) is 0 Å². The van der Waals surface area contributed by atoms with Crippen LogP contribution in [0.25, 0.3) is 16.7 Å². The van der Waals surface area contributed by atoms with Crippen molar-refractivity contribution >= 4 is 56.8 Å². The third kappa shape index (κ3) is 2.64. The smallest absolute Gasteiger partial charge is 0.151 e. The average Bonchev–Trinajstić information content (AvgIpc) is 2.80. The van der Waals surface area contributed by atoms with E-state index in [0.717, 1.165) is 9.26 Å². The summed E-state index contributed by atoms with van der Waals surface area (Å²) in [5.74, 6) is 0.255. The molecule has 0 N–H and O–H groups in total. The first-order chi connectivity index (χ1) is 9.99. The molecule has 3 aromatic rings. The number of hydrogen-bond donors (Lipinski definition) is 0. The Labute approximate surface area is 145 Å². The molecule has 0 radical (unpaired) electrons. The quantitative estimate of drug-likeness (QED) is 0.372. The second-order valence-electron chi connectivity index (χ2n) is 4.62. The number of rotatable bonds is 2. The van der Waals surface area contributed by atoms with Crippen LogP contribution in [0.15, 0.2) is 36.4 Å². The minimum Gasteiger partial charge on any atom is -0.294 e. The fraction of sp³-hybridized carbons (Fsp3) is 0.133. The number of imidazole rings is 1. The highest BCUT2D eigenvalue weighted by molar-refractivity contribution is 14.1. The van der Waals surface area contributed by atoms with E-state index in [-0.39, 0.29) is 11.2 Å². The van der Waals surface area contributed by atoms with E-state index >= 15 is 0 Å². The van der Waals surface area contributed by atoms with Crippen LogP contribution in [-0.4, -0.2) is 9.55 Å². The summed E-state index contributed by atoms with van der Waals surface area (Å²) in [5.41, 5.74) is 1.90. The van der Waals surface area contributed by atoms with Crippen LogP contribution in [0.4, 0.5) is 4.39 Å². The van der Waals surface area contributed by atoms with Gasteiger partial charge in [-0.15, -0.1) is 11.6 Å². The Morgan fingerprint density at radius 2 is 2.05 bits per heavy atom. The molecule has 1 heterocycles. The van der Waals surface area contributed by atoms with Crippen molar-refractivity contribution < 1.29 is 4.39 Å². The normalized spacial score (nSPS) is 12.8. The third-order valence-electron chi connectivity index (χ3n) is 3.17. The molecule has 0 spiro atoms. The van der Waals surface area contributed by atoms with Gasteiger partial charge >= 0.3 is 0 Å². The molecule has 1 aromatic heterocycles. The lowest BCUT2D eigenvalue weighted by molar-refractivity contribution is 0.637. The van der Waals surface area contributed by atoms with Crippen molar-refractivity contribution in [3.05, 3.63) is 56.6 Å². The monoisotopic (exact) mass is 434 g/mol. The van der Waals surface area contributed by atoms with E-state index in [9.17, 15) is 4.39 Å². The maximum Gasteiger partial charge on any atom is 0.151 e. The lowest BCUT2D eigenvalue weighted by Crippen LogP contribution is -2.03. The first-order valence-corrected chi connectivity index (χ1v) is 8.14. The maximum atomic E-state index is 14.0. The molecule has 0 fully saturated rings. The second kappa shape index (κ2) is 5.74. The van der Waals surface area contributed by atoms with E-state index < -0.39 is 0 Å². The van der Waals surface area contributed by atoms with Crippen molar-refractivity contribution in [2.75, 3.05) is 0 Å². The van der Waals surface area contributed by atoms with Gasteiger partial charge in [-0.2, -0.15) is 0 Å². The Morgan fingerprint density at radius 1 is 1.29 bits per heavy atom. The minimum atomic E-state index is -0.353. The van der Waals surface area contributed by atoms with E-state index in [0.29, 0.717) is 21.9 Å². The van der Waals surface area contributed by atoms with Crippen molar-refractivity contribution in [2.24, 2.45) is 0 Å². The Balaban J connectivity index is 2.39. The Hall–Kier alpha value is -0.850. The zero-order valence-corrected chi connectivity index (χ0v) is 14.6. The number of halogens is 4. The summed E-state index contributed by atoms with van der Waals surface area (Å²) in [6.07, 6.45) is 0. The first-order valence-electron chi connectivity index (χ1n) is 6.25. The van der Waals surface area contributed by atoms with E-state index in [2.05, 4.69) is 27.6 Å². The molecule has 1 atom stereocenters. The van der Waals surface area contributed by atoms with Crippen LogP contribution >= 0.6 is 45.8 Å². The molecule has 0 aliphatic carbocycles. The fourth-order valence-electron chi connectivity index (χ4n) is 2.27. The van der Waals surface area contributed by atoms with Crippen LogP contribution in [0, 0.1) is 9.39 Å². The molecular formula is C15H10Cl2FIN2. The van der Waals surface area contributed by atoms with Crippen LogP contribution in [0.2, 0.25) is 5.02 Å². The van der Waals surface area contributed by atoms with Gasteiger partial charge < -0.3 is 0 Å². The number of para-hydroxylation sites is 1. The maximum absolute atomic E-state index is 14.0. The number of fused-ring (bicyclic) bond motifs is 1. The second-order valence-corrected chi connectivity index (χ2v) is 6.88. The molecule has 2 nitrogen and oxygen atoms in total. The number of alkyl halides is 1. The largest absolute Gasteiger partial charge is 0.294 e. The predicted molar refractivity (Wildman–Crippen MR) is 93.0 cm³/mol. The topological polar surface area (TPSA) is 17.8 Å². The molecule has 0 amide bonds. The summed E-state index contributed by atoms with van der Waals surface area (Å²) in [6.45, 7) is 1.82. The zero-order chi connectivity index (χ0) is 15.1. The zero-order valence-electron chi connectivity index (χ0n) is 10.9. The van der Waals surface area contributed by atoms with Gasteiger partial charge in [0.05, 0.1) is 16.6 Å².